The number of alkyl halides is 2. The van der Waals surface area contributed by atoms with Gasteiger partial charge in [0, 0.05) is 17.5 Å². The number of nitrogens with zero attached hydrogens (tertiary/aromatic N) is 2. The van der Waals surface area contributed by atoms with E-state index in [2.05, 4.69) is 11.6 Å². The molecule has 0 aliphatic rings. The van der Waals surface area contributed by atoms with Crippen molar-refractivity contribution in [2.45, 2.75) is 39.0 Å². The lowest BCUT2D eigenvalue weighted by atomic mass is 10.2. The highest BCUT2D eigenvalue weighted by Gasteiger charge is 2.13. The molecule has 4 nitrogen and oxygen atoms in total. The summed E-state index contributed by atoms with van der Waals surface area (Å²) in [5, 5.41) is 0. The van der Waals surface area contributed by atoms with Gasteiger partial charge in [-0.1, -0.05) is 51.7 Å². The van der Waals surface area contributed by atoms with Crippen LogP contribution in [0.3, 0.4) is 0 Å². The number of hydrogen-bond donors (Lipinski definition) is 0. The highest BCUT2D eigenvalue weighted by atomic mass is 32.2. The molecule has 0 fully saturated rings. The zero-order chi connectivity index (χ0) is 24.4. The zero-order valence-corrected chi connectivity index (χ0v) is 19.9. The second-order valence-electron chi connectivity index (χ2n) is 5.57. The number of aromatic nitrogens is 2. The molecule has 0 saturated carbocycles. The van der Waals surface area contributed by atoms with Gasteiger partial charge in [0.2, 0.25) is 5.95 Å². The van der Waals surface area contributed by atoms with Crippen LogP contribution in [0.2, 0.25) is 0 Å². The van der Waals surface area contributed by atoms with Crippen molar-refractivity contribution in [3.8, 4) is 5.69 Å². The van der Waals surface area contributed by atoms with Crippen molar-refractivity contribution in [1.29, 1.82) is 0 Å². The summed E-state index contributed by atoms with van der Waals surface area (Å²) in [6.45, 7) is 11.1. The molecule has 0 atom stereocenters. The van der Waals surface area contributed by atoms with Crippen LogP contribution in [0.5, 0.6) is 0 Å². The summed E-state index contributed by atoms with van der Waals surface area (Å²) in [6, 6.07) is 6.20. The molecule has 2 aromatic rings. The normalized spacial score (nSPS) is 10.8. The summed E-state index contributed by atoms with van der Waals surface area (Å²) in [7, 11) is -2.78. The van der Waals surface area contributed by atoms with Crippen LogP contribution >= 0.6 is 0 Å². The van der Waals surface area contributed by atoms with Gasteiger partial charge in [0.15, 0.2) is 9.84 Å². The standard InChI is InChI=1S/C17H17FN2O2S.C3H7F.C2H6.CH3F/c1-4-6-13(7-5-2)17-19-16(18)12-20(17)14-8-10-15(11-9-14)23(3,21)22;1-2-3-4;2*1-2/h4-12H,1H2,2-3H3;2-3H2,1H3;1-2H3;1H3/b7-5+,13-6+;;;. The maximum Gasteiger partial charge on any atom is 0.231 e. The molecule has 0 spiro atoms. The first-order valence-corrected chi connectivity index (χ1v) is 11.6. The van der Waals surface area contributed by atoms with E-state index in [-0.39, 0.29) is 11.6 Å². The molecule has 31 heavy (non-hydrogen) atoms. The smallest absolute Gasteiger partial charge is 0.231 e. The van der Waals surface area contributed by atoms with E-state index in [1.54, 1.807) is 41.9 Å². The van der Waals surface area contributed by atoms with Gasteiger partial charge in [-0.25, -0.2) is 8.42 Å². The Morgan fingerprint density at radius 2 is 1.71 bits per heavy atom. The predicted octanol–water partition coefficient (Wildman–Crippen LogP) is 6.54. The van der Waals surface area contributed by atoms with Gasteiger partial charge in [0.25, 0.3) is 0 Å². The third-order valence-corrected chi connectivity index (χ3v) is 4.44. The molecular weight excluding hydrogens is 425 g/mol. The second-order valence-corrected chi connectivity index (χ2v) is 7.59. The van der Waals surface area contributed by atoms with Crippen molar-refractivity contribution < 1.29 is 21.6 Å². The molecule has 1 heterocycles. The molecular formula is C23H33F3N2O2S. The summed E-state index contributed by atoms with van der Waals surface area (Å²) < 4.78 is 58.5. The number of rotatable bonds is 6. The highest BCUT2D eigenvalue weighted by molar-refractivity contribution is 7.90. The lowest BCUT2D eigenvalue weighted by molar-refractivity contribution is 0.487. The first-order valence-electron chi connectivity index (χ1n) is 9.73. The highest BCUT2D eigenvalue weighted by Crippen LogP contribution is 2.22. The monoisotopic (exact) mass is 458 g/mol. The largest absolute Gasteiger partial charge is 0.297 e. The van der Waals surface area contributed by atoms with Crippen molar-refractivity contribution >= 4 is 15.4 Å². The Morgan fingerprint density at radius 1 is 1.19 bits per heavy atom. The predicted molar refractivity (Wildman–Crippen MR) is 124 cm³/mol. The van der Waals surface area contributed by atoms with E-state index in [1.807, 2.05) is 26.8 Å². The minimum absolute atomic E-state index is 0.181. The summed E-state index contributed by atoms with van der Waals surface area (Å²) in [5.74, 6) is -0.209. The quantitative estimate of drug-likeness (QED) is 0.462. The van der Waals surface area contributed by atoms with E-state index in [1.165, 1.54) is 18.3 Å². The minimum atomic E-state index is -3.28. The lowest BCUT2D eigenvalue weighted by Gasteiger charge is -2.09. The second kappa shape index (κ2) is 17.1. The van der Waals surface area contributed by atoms with Crippen molar-refractivity contribution in [1.82, 2.24) is 9.55 Å². The average Bonchev–Trinajstić information content (AvgIpc) is 3.17. The fourth-order valence-electron chi connectivity index (χ4n) is 2.12. The molecule has 0 aliphatic heterocycles. The molecule has 0 saturated heterocycles. The number of hydrogen-bond acceptors (Lipinski definition) is 3. The number of allylic oxidation sites excluding steroid dienone is 5. The number of sulfone groups is 1. The first-order chi connectivity index (χ1) is 14.8. The van der Waals surface area contributed by atoms with Gasteiger partial charge in [-0.05, 0) is 37.6 Å². The molecule has 0 N–H and O–H groups in total. The fourth-order valence-corrected chi connectivity index (χ4v) is 2.75. The van der Waals surface area contributed by atoms with Crippen molar-refractivity contribution in [2.24, 2.45) is 0 Å². The molecule has 174 valence electrons. The van der Waals surface area contributed by atoms with Gasteiger partial charge >= 0.3 is 0 Å². The Labute approximate surface area is 184 Å². The maximum absolute atomic E-state index is 13.7. The van der Waals surface area contributed by atoms with Crippen LogP contribution in [-0.4, -0.2) is 38.1 Å². The van der Waals surface area contributed by atoms with Gasteiger partial charge < -0.3 is 0 Å². The molecule has 0 aliphatic carbocycles. The Morgan fingerprint density at radius 3 is 2.10 bits per heavy atom. The molecule has 1 aromatic heterocycles. The van der Waals surface area contributed by atoms with Crippen LogP contribution in [0, 0.1) is 5.95 Å². The first kappa shape index (κ1) is 30.6. The van der Waals surface area contributed by atoms with E-state index in [0.717, 1.165) is 6.26 Å². The number of halogens is 3. The van der Waals surface area contributed by atoms with E-state index < -0.39 is 15.8 Å². The van der Waals surface area contributed by atoms with Crippen LogP contribution in [0.25, 0.3) is 11.3 Å². The van der Waals surface area contributed by atoms with Crippen molar-refractivity contribution in [3.05, 3.63) is 73.1 Å². The zero-order valence-electron chi connectivity index (χ0n) is 19.1. The van der Waals surface area contributed by atoms with Gasteiger partial charge in [-0.3, -0.25) is 13.3 Å². The summed E-state index contributed by atoms with van der Waals surface area (Å²) in [6.07, 6.45) is 9.98. The topological polar surface area (TPSA) is 52.0 Å². The van der Waals surface area contributed by atoms with Gasteiger partial charge in [-0.15, -0.1) is 0 Å². The fraction of sp³-hybridized carbons (Fsp3) is 0.348. The van der Waals surface area contributed by atoms with Crippen LogP contribution in [-0.2, 0) is 9.84 Å². The number of imidazole rings is 1. The SMILES string of the molecule is C=C/C=C(\C=C\C)c1nc(F)cn1-c1ccc(S(C)(=O)=O)cc1.CC.CCCF.CF. The van der Waals surface area contributed by atoms with E-state index in [4.69, 9.17) is 0 Å². The summed E-state index contributed by atoms with van der Waals surface area (Å²) in [5.41, 5.74) is 1.31. The van der Waals surface area contributed by atoms with Crippen LogP contribution < -0.4 is 0 Å². The minimum Gasteiger partial charge on any atom is -0.297 e. The van der Waals surface area contributed by atoms with Gasteiger partial charge in [-0.2, -0.15) is 9.37 Å². The van der Waals surface area contributed by atoms with Gasteiger partial charge in [0.1, 0.15) is 5.82 Å². The van der Waals surface area contributed by atoms with E-state index >= 15 is 0 Å². The lowest BCUT2D eigenvalue weighted by Crippen LogP contribution is -2.01. The molecule has 0 amide bonds. The number of benzene rings is 1. The van der Waals surface area contributed by atoms with E-state index in [0.29, 0.717) is 30.7 Å². The summed E-state index contributed by atoms with van der Waals surface area (Å²) >= 11 is 0. The summed E-state index contributed by atoms with van der Waals surface area (Å²) in [4.78, 5) is 4.11. The van der Waals surface area contributed by atoms with Crippen LogP contribution in [0.4, 0.5) is 13.2 Å². The van der Waals surface area contributed by atoms with Crippen molar-refractivity contribution in [2.75, 3.05) is 20.1 Å². The Kier molecular flexibility index (Phi) is 16.9. The van der Waals surface area contributed by atoms with Crippen LogP contribution in [0.15, 0.2) is 66.2 Å². The van der Waals surface area contributed by atoms with Crippen LogP contribution in [0.1, 0.15) is 39.9 Å². The molecule has 0 radical (unpaired) electrons. The van der Waals surface area contributed by atoms with Gasteiger partial charge in [0.05, 0.1) is 24.9 Å². The molecule has 0 unspecified atom stereocenters. The molecule has 1 aromatic carbocycles. The Bertz CT molecular complexity index is 915. The Balaban J connectivity index is 0. The maximum atomic E-state index is 13.7. The third kappa shape index (κ3) is 10.8. The molecule has 2 rings (SSSR count). The molecule has 0 bridgehead atoms. The Hall–Kier alpha value is -2.61. The molecule has 8 heteroatoms. The average molecular weight is 459 g/mol. The van der Waals surface area contributed by atoms with E-state index in [9.17, 15) is 21.6 Å². The third-order valence-electron chi connectivity index (χ3n) is 3.31. The van der Waals surface area contributed by atoms with Crippen molar-refractivity contribution in [3.63, 3.8) is 0 Å².